The lowest BCUT2D eigenvalue weighted by Crippen LogP contribution is -2.55. The highest BCUT2D eigenvalue weighted by molar-refractivity contribution is 7.09. The number of carbonyl (C=O) groups is 5. The number of carbonyl (C=O) groups excluding carboxylic acids is 5. The summed E-state index contributed by atoms with van der Waals surface area (Å²) in [5.41, 5.74) is 1.17. The van der Waals surface area contributed by atoms with Gasteiger partial charge in [-0.3, -0.25) is 28.9 Å². The summed E-state index contributed by atoms with van der Waals surface area (Å²) in [5.74, 6) is -2.22. The van der Waals surface area contributed by atoms with E-state index >= 15 is 0 Å². The number of esters is 2. The minimum absolute atomic E-state index is 0.0506. The highest BCUT2D eigenvalue weighted by Crippen LogP contribution is 2.31. The van der Waals surface area contributed by atoms with Gasteiger partial charge in [-0.15, -0.1) is 11.3 Å². The molecule has 0 aliphatic carbocycles. The molecule has 3 amide bonds. The first-order valence-electron chi connectivity index (χ1n) is 21.2. The van der Waals surface area contributed by atoms with Crippen LogP contribution in [0.25, 0.3) is 0 Å². The molecule has 6 atom stereocenters. The van der Waals surface area contributed by atoms with Crippen molar-refractivity contribution in [3.8, 4) is 0 Å². The van der Waals surface area contributed by atoms with E-state index in [1.54, 1.807) is 24.3 Å². The van der Waals surface area contributed by atoms with Crippen molar-refractivity contribution in [1.82, 2.24) is 25.4 Å². The van der Waals surface area contributed by atoms with Crippen LogP contribution >= 0.6 is 11.3 Å². The molecule has 12 nitrogen and oxygen atoms in total. The third kappa shape index (κ3) is 17.4. The molecule has 0 unspecified atom stereocenters. The van der Waals surface area contributed by atoms with Crippen LogP contribution in [0.15, 0.2) is 48.4 Å². The molecular formula is C45H71N5O7S. The molecule has 1 heterocycles. The Morgan fingerprint density at radius 1 is 0.931 bits per heavy atom. The van der Waals surface area contributed by atoms with Crippen molar-refractivity contribution in [2.45, 2.75) is 137 Å². The van der Waals surface area contributed by atoms with Gasteiger partial charge in [-0.2, -0.15) is 0 Å². The summed E-state index contributed by atoms with van der Waals surface area (Å²) < 4.78 is 11.4. The molecule has 1 aromatic carbocycles. The zero-order valence-electron chi connectivity index (χ0n) is 36.6. The molecule has 324 valence electrons. The first kappa shape index (κ1) is 50.0. The molecule has 1 aromatic heterocycles. The number of nitrogens with one attached hydrogen (secondary N) is 2. The first-order valence-corrected chi connectivity index (χ1v) is 22.0. The third-order valence-electron chi connectivity index (χ3n) is 10.5. The van der Waals surface area contributed by atoms with E-state index in [-0.39, 0.29) is 67.3 Å². The number of hydrogen-bond donors (Lipinski definition) is 2. The van der Waals surface area contributed by atoms with Gasteiger partial charge < -0.3 is 25.0 Å². The maximum absolute atomic E-state index is 14.3. The molecule has 2 aromatic rings. The predicted molar refractivity (Wildman–Crippen MR) is 231 cm³/mol. The van der Waals surface area contributed by atoms with Crippen molar-refractivity contribution < 1.29 is 33.4 Å². The van der Waals surface area contributed by atoms with Crippen molar-refractivity contribution in [3.63, 3.8) is 0 Å². The predicted octanol–water partition coefficient (Wildman–Crippen LogP) is 7.54. The number of ether oxygens (including phenoxy) is 2. The lowest BCUT2D eigenvalue weighted by Gasteiger charge is -2.37. The van der Waals surface area contributed by atoms with E-state index in [4.69, 9.17) is 14.5 Å². The van der Waals surface area contributed by atoms with Gasteiger partial charge in [0.25, 0.3) is 5.91 Å². The van der Waals surface area contributed by atoms with Gasteiger partial charge in [-0.1, -0.05) is 117 Å². The van der Waals surface area contributed by atoms with Gasteiger partial charge in [0, 0.05) is 37.4 Å². The van der Waals surface area contributed by atoms with Crippen LogP contribution in [-0.4, -0.2) is 96.4 Å². The molecule has 0 fully saturated rings. The highest BCUT2D eigenvalue weighted by atomic mass is 32.1. The van der Waals surface area contributed by atoms with Gasteiger partial charge in [-0.05, 0) is 56.7 Å². The number of thiazole rings is 1. The van der Waals surface area contributed by atoms with Gasteiger partial charge in [0.2, 0.25) is 11.8 Å². The Kier molecular flexibility index (Phi) is 23.1. The van der Waals surface area contributed by atoms with Gasteiger partial charge in [0.1, 0.15) is 23.4 Å². The molecule has 0 bridgehead atoms. The van der Waals surface area contributed by atoms with E-state index < -0.39 is 36.1 Å². The Bertz CT molecular complexity index is 1570. The smallest absolute Gasteiger partial charge is 0.309 e. The number of unbranched alkanes of at least 4 members (excludes halogenated alkanes) is 3. The van der Waals surface area contributed by atoms with Crippen molar-refractivity contribution in [2.75, 3.05) is 33.8 Å². The van der Waals surface area contributed by atoms with Crippen molar-refractivity contribution in [3.05, 3.63) is 64.6 Å². The van der Waals surface area contributed by atoms with Crippen LogP contribution in [0.3, 0.4) is 0 Å². The molecule has 0 aliphatic rings. The topological polar surface area (TPSA) is 147 Å². The Morgan fingerprint density at radius 3 is 2.24 bits per heavy atom. The van der Waals surface area contributed by atoms with Gasteiger partial charge in [0.05, 0.1) is 12.5 Å². The van der Waals surface area contributed by atoms with Gasteiger partial charge in [0.15, 0.2) is 6.10 Å². The Labute approximate surface area is 351 Å². The fourth-order valence-corrected chi connectivity index (χ4v) is 7.61. The number of rotatable bonds is 28. The van der Waals surface area contributed by atoms with E-state index in [0.717, 1.165) is 37.8 Å². The molecule has 0 aliphatic heterocycles. The van der Waals surface area contributed by atoms with E-state index in [1.165, 1.54) is 17.4 Å². The molecule has 0 saturated carbocycles. The van der Waals surface area contributed by atoms with Crippen LogP contribution in [0.4, 0.5) is 0 Å². The maximum atomic E-state index is 14.3. The lowest BCUT2D eigenvalue weighted by atomic mass is 9.93. The number of amides is 3. The maximum Gasteiger partial charge on any atom is 0.309 e. The summed E-state index contributed by atoms with van der Waals surface area (Å²) in [4.78, 5) is 75.5. The number of nitrogens with zero attached hydrogens (tertiary/aromatic N) is 3. The number of aromatic nitrogens is 1. The van der Waals surface area contributed by atoms with Crippen LogP contribution in [0.1, 0.15) is 133 Å². The molecular weight excluding hydrogens is 755 g/mol. The van der Waals surface area contributed by atoms with E-state index in [2.05, 4.69) is 31.1 Å². The van der Waals surface area contributed by atoms with Crippen LogP contribution in [0.5, 0.6) is 0 Å². The monoisotopic (exact) mass is 826 g/mol. The summed E-state index contributed by atoms with van der Waals surface area (Å²) in [5, 5.41) is 8.21. The molecule has 0 radical (unpaired) electrons. The first-order chi connectivity index (χ1) is 27.6. The van der Waals surface area contributed by atoms with Crippen molar-refractivity contribution in [2.24, 2.45) is 17.8 Å². The number of likely N-dealkylation sites (N-methyl/N-ethyl adjacent to an activating group) is 2. The Morgan fingerprint density at radius 2 is 1.62 bits per heavy atom. The summed E-state index contributed by atoms with van der Waals surface area (Å²) in [7, 11) is 3.64. The minimum atomic E-state index is -0.827. The van der Waals surface area contributed by atoms with Gasteiger partial charge >= 0.3 is 11.9 Å². The molecule has 2 rings (SSSR count). The fourth-order valence-electron chi connectivity index (χ4n) is 6.77. The molecule has 2 N–H and O–H groups in total. The Balaban J connectivity index is 2.39. The zero-order chi connectivity index (χ0) is 43.2. The normalized spacial score (nSPS) is 14.5. The molecule has 58 heavy (non-hydrogen) atoms. The average Bonchev–Trinajstić information content (AvgIpc) is 3.70. The molecule has 0 spiro atoms. The summed E-state index contributed by atoms with van der Waals surface area (Å²) in [6.45, 7) is 18.6. The Hall–Kier alpha value is -4.10. The largest absolute Gasteiger partial charge is 0.461 e. The second-order valence-corrected chi connectivity index (χ2v) is 16.8. The second kappa shape index (κ2) is 26.8. The molecule has 13 heteroatoms. The van der Waals surface area contributed by atoms with Crippen molar-refractivity contribution in [1.29, 1.82) is 0 Å². The van der Waals surface area contributed by atoms with E-state index in [1.807, 2.05) is 70.0 Å². The minimum Gasteiger partial charge on any atom is -0.461 e. The fraction of sp³-hybridized carbons (Fsp3) is 0.644. The quantitative estimate of drug-likeness (QED) is 0.0505. The summed E-state index contributed by atoms with van der Waals surface area (Å²) in [6.07, 6.45) is 7.23. The third-order valence-corrected chi connectivity index (χ3v) is 11.4. The lowest BCUT2D eigenvalue weighted by molar-refractivity contribution is -0.152. The number of benzene rings is 1. The molecule has 0 saturated heterocycles. The SMILES string of the molecule is C=CCOC(=O)[C@@H](C)C[C@H](Cc1ccccc1)NC(=O)c1csc([C@@H](C[C@H](C(C)C)N(C)C(=O)[C@@H](NC(=O)CN(C)CCCC)[C@@H](C)CC)OC(=O)CCCCC)n1. The van der Waals surface area contributed by atoms with Crippen LogP contribution in [0, 0.1) is 17.8 Å². The van der Waals surface area contributed by atoms with Crippen LogP contribution in [-0.2, 0) is 35.1 Å². The van der Waals surface area contributed by atoms with Crippen molar-refractivity contribution >= 4 is 41.0 Å². The van der Waals surface area contributed by atoms with E-state index in [0.29, 0.717) is 30.7 Å². The second-order valence-electron chi connectivity index (χ2n) is 15.9. The summed E-state index contributed by atoms with van der Waals surface area (Å²) in [6, 6.07) is 8.19. The van der Waals surface area contributed by atoms with Crippen LogP contribution in [0.2, 0.25) is 0 Å². The summed E-state index contributed by atoms with van der Waals surface area (Å²) >= 11 is 1.23. The highest BCUT2D eigenvalue weighted by Gasteiger charge is 2.36. The van der Waals surface area contributed by atoms with E-state index in [9.17, 15) is 24.0 Å². The van der Waals surface area contributed by atoms with Crippen LogP contribution < -0.4 is 10.6 Å². The van der Waals surface area contributed by atoms with Gasteiger partial charge in [-0.25, -0.2) is 4.98 Å². The standard InChI is InChI=1S/C45H71N5O7S/c1-11-15-18-23-40(52)57-38(28-37(31(5)6)50(10)44(54)41(32(7)14-4)48-39(51)29-49(9)24-16-12-2)43-47-36(30-58-43)42(53)46-35(27-34-21-19-17-20-22-34)26-33(8)45(55)56-25-13-3/h13,17,19-22,30-33,35,37-38,41H,3,11-12,14-16,18,23-29H2,1-2,4-10H3,(H,46,53)(H,48,51)/t32-,33-,35+,37+,38+,41-/m0/s1. The number of hydrogen-bond acceptors (Lipinski definition) is 10. The average molecular weight is 826 g/mol. The zero-order valence-corrected chi connectivity index (χ0v) is 37.4.